The summed E-state index contributed by atoms with van der Waals surface area (Å²) in [5.41, 5.74) is 0.916. The molecule has 8 heteroatoms. The highest BCUT2D eigenvalue weighted by atomic mass is 32.1. The number of para-hydroxylation sites is 1. The molecule has 7 nitrogen and oxygen atoms in total. The Balaban J connectivity index is 1.73. The number of aromatic nitrogens is 1. The van der Waals surface area contributed by atoms with Gasteiger partial charge >= 0.3 is 0 Å². The van der Waals surface area contributed by atoms with E-state index in [4.69, 9.17) is 4.74 Å². The summed E-state index contributed by atoms with van der Waals surface area (Å²) in [5, 5.41) is 14.7. The molecule has 26 heavy (non-hydrogen) atoms. The van der Waals surface area contributed by atoms with Crippen molar-refractivity contribution in [1.29, 1.82) is 0 Å². The number of carbonyl (C=O) groups is 1. The molecule has 2 aromatic carbocycles. The van der Waals surface area contributed by atoms with Gasteiger partial charge in [-0.3, -0.25) is 14.9 Å². The number of benzene rings is 2. The van der Waals surface area contributed by atoms with E-state index < -0.39 is 10.8 Å². The van der Waals surface area contributed by atoms with Crippen LogP contribution in [0.3, 0.4) is 0 Å². The number of carbonyl (C=O) groups excluding carboxylic acids is 1. The molecule has 1 N–H and O–H groups in total. The molecule has 1 atom stereocenters. The van der Waals surface area contributed by atoms with E-state index >= 15 is 0 Å². The van der Waals surface area contributed by atoms with E-state index in [1.807, 2.05) is 31.2 Å². The molecule has 134 valence electrons. The molecule has 0 aliphatic carbocycles. The topological polar surface area (TPSA) is 94.4 Å². The maximum atomic E-state index is 12.5. The summed E-state index contributed by atoms with van der Waals surface area (Å²) in [7, 11) is 1.42. The van der Waals surface area contributed by atoms with Crippen LogP contribution >= 0.6 is 11.3 Å². The lowest BCUT2D eigenvalue weighted by Crippen LogP contribution is -2.28. The Morgan fingerprint density at radius 2 is 2.12 bits per heavy atom. The van der Waals surface area contributed by atoms with Crippen LogP contribution in [0.5, 0.6) is 5.75 Å². The number of thiazole rings is 1. The second-order valence-electron chi connectivity index (χ2n) is 5.77. The van der Waals surface area contributed by atoms with Gasteiger partial charge < -0.3 is 10.1 Å². The number of nitrogens with zero attached hydrogens (tertiary/aromatic N) is 2. The van der Waals surface area contributed by atoms with Crippen LogP contribution in [0.1, 0.15) is 28.2 Å². The number of amides is 1. The zero-order valence-corrected chi connectivity index (χ0v) is 15.1. The van der Waals surface area contributed by atoms with Gasteiger partial charge in [0.15, 0.2) is 0 Å². The van der Waals surface area contributed by atoms with E-state index in [0.717, 1.165) is 15.2 Å². The van der Waals surface area contributed by atoms with Gasteiger partial charge in [-0.1, -0.05) is 19.1 Å². The standard InChI is InChI=1S/C18H17N3O4S/c1-11(18-20-14-5-3-4-6-16(14)26-18)10-19-17(22)13-9-12(21(23)24)7-8-15(13)25-2/h3-9,11H,10H2,1-2H3,(H,19,22). The predicted molar refractivity (Wildman–Crippen MR) is 100 cm³/mol. The molecule has 3 rings (SSSR count). The predicted octanol–water partition coefficient (Wildman–Crippen LogP) is 3.75. The maximum Gasteiger partial charge on any atom is 0.270 e. The minimum atomic E-state index is -0.542. The molecule has 0 bridgehead atoms. The van der Waals surface area contributed by atoms with E-state index in [1.54, 1.807) is 11.3 Å². The largest absolute Gasteiger partial charge is 0.496 e. The molecule has 0 radical (unpaired) electrons. The molecule has 0 spiro atoms. The highest BCUT2D eigenvalue weighted by Gasteiger charge is 2.19. The first kappa shape index (κ1) is 17.8. The normalized spacial score (nSPS) is 11.9. The first-order chi connectivity index (χ1) is 12.5. The van der Waals surface area contributed by atoms with Crippen LogP contribution in [-0.2, 0) is 0 Å². The zero-order chi connectivity index (χ0) is 18.7. The van der Waals surface area contributed by atoms with Gasteiger partial charge in [-0.05, 0) is 18.2 Å². The molecule has 1 aromatic heterocycles. The SMILES string of the molecule is COc1ccc([N+](=O)[O-])cc1C(=O)NCC(C)c1nc2ccccc2s1. The number of ether oxygens (including phenoxy) is 1. The fourth-order valence-corrected chi connectivity index (χ4v) is 3.53. The Morgan fingerprint density at radius 3 is 2.81 bits per heavy atom. The molecule has 0 fully saturated rings. The molecule has 0 aliphatic rings. The Bertz CT molecular complexity index is 937. The summed E-state index contributed by atoms with van der Waals surface area (Å²) in [6.07, 6.45) is 0. The van der Waals surface area contributed by atoms with Crippen molar-refractivity contribution in [2.45, 2.75) is 12.8 Å². The van der Waals surface area contributed by atoms with Gasteiger partial charge in [0.1, 0.15) is 5.75 Å². The molecule has 1 unspecified atom stereocenters. The van der Waals surface area contributed by atoms with Crippen LogP contribution in [0.2, 0.25) is 0 Å². The van der Waals surface area contributed by atoms with E-state index in [9.17, 15) is 14.9 Å². The molecule has 1 heterocycles. The number of nitrogens with one attached hydrogen (secondary N) is 1. The van der Waals surface area contributed by atoms with Crippen molar-refractivity contribution in [2.75, 3.05) is 13.7 Å². The molecule has 0 saturated carbocycles. The number of non-ortho nitro benzene ring substituents is 1. The number of hydrogen-bond acceptors (Lipinski definition) is 6. The number of rotatable bonds is 6. The zero-order valence-electron chi connectivity index (χ0n) is 14.3. The number of hydrogen-bond donors (Lipinski definition) is 1. The van der Waals surface area contributed by atoms with Crippen molar-refractivity contribution < 1.29 is 14.5 Å². The second kappa shape index (κ2) is 7.49. The van der Waals surface area contributed by atoms with E-state index in [0.29, 0.717) is 12.3 Å². The molecular weight excluding hydrogens is 354 g/mol. The third-order valence-electron chi connectivity index (χ3n) is 3.94. The maximum absolute atomic E-state index is 12.5. The molecule has 1 amide bonds. The van der Waals surface area contributed by atoms with Crippen LogP contribution in [0, 0.1) is 10.1 Å². The summed E-state index contributed by atoms with van der Waals surface area (Å²) in [6.45, 7) is 2.34. The summed E-state index contributed by atoms with van der Waals surface area (Å²) < 4.78 is 6.24. The first-order valence-electron chi connectivity index (χ1n) is 7.95. The Hall–Kier alpha value is -3.00. The summed E-state index contributed by atoms with van der Waals surface area (Å²) >= 11 is 1.59. The number of nitro benzene ring substituents is 1. The van der Waals surface area contributed by atoms with Crippen LogP contribution in [0.25, 0.3) is 10.2 Å². The highest BCUT2D eigenvalue weighted by Crippen LogP contribution is 2.27. The number of nitro groups is 1. The van der Waals surface area contributed by atoms with Crippen molar-refractivity contribution in [2.24, 2.45) is 0 Å². The Morgan fingerprint density at radius 1 is 1.35 bits per heavy atom. The molecule has 0 aliphatic heterocycles. The van der Waals surface area contributed by atoms with Gasteiger partial charge in [-0.15, -0.1) is 11.3 Å². The minimum Gasteiger partial charge on any atom is -0.496 e. The van der Waals surface area contributed by atoms with Gasteiger partial charge in [0.05, 0.1) is 32.8 Å². The van der Waals surface area contributed by atoms with Crippen molar-refractivity contribution in [3.05, 3.63) is 63.1 Å². The van der Waals surface area contributed by atoms with E-state index in [-0.39, 0.29) is 17.2 Å². The molecular formula is C18H17N3O4S. The lowest BCUT2D eigenvalue weighted by atomic mass is 10.1. The van der Waals surface area contributed by atoms with Crippen molar-refractivity contribution >= 4 is 33.1 Å². The molecule has 3 aromatic rings. The first-order valence-corrected chi connectivity index (χ1v) is 8.77. The Kier molecular flexibility index (Phi) is 5.13. The van der Waals surface area contributed by atoms with Crippen molar-refractivity contribution in [1.82, 2.24) is 10.3 Å². The van der Waals surface area contributed by atoms with Gasteiger partial charge in [-0.2, -0.15) is 0 Å². The summed E-state index contributed by atoms with van der Waals surface area (Å²) in [5.74, 6) is -0.111. The lowest BCUT2D eigenvalue weighted by Gasteiger charge is -2.12. The number of methoxy groups -OCH3 is 1. The fraction of sp³-hybridized carbons (Fsp3) is 0.222. The van der Waals surface area contributed by atoms with Crippen LogP contribution in [0.4, 0.5) is 5.69 Å². The summed E-state index contributed by atoms with van der Waals surface area (Å²) in [4.78, 5) is 27.5. The second-order valence-corrected chi connectivity index (χ2v) is 6.83. The third-order valence-corrected chi connectivity index (χ3v) is 5.21. The smallest absolute Gasteiger partial charge is 0.270 e. The van der Waals surface area contributed by atoms with Crippen LogP contribution < -0.4 is 10.1 Å². The summed E-state index contributed by atoms with van der Waals surface area (Å²) in [6, 6.07) is 11.8. The Labute approximate surface area is 153 Å². The van der Waals surface area contributed by atoms with Crippen LogP contribution in [-0.4, -0.2) is 29.5 Å². The average Bonchev–Trinajstić information content (AvgIpc) is 3.09. The fourth-order valence-electron chi connectivity index (χ4n) is 2.52. The van der Waals surface area contributed by atoms with Crippen molar-refractivity contribution in [3.63, 3.8) is 0 Å². The quantitative estimate of drug-likeness (QED) is 0.526. The van der Waals surface area contributed by atoms with E-state index in [1.165, 1.54) is 25.3 Å². The van der Waals surface area contributed by atoms with Gasteiger partial charge in [0, 0.05) is 24.6 Å². The number of fused-ring (bicyclic) bond motifs is 1. The van der Waals surface area contributed by atoms with Crippen molar-refractivity contribution in [3.8, 4) is 5.75 Å². The van der Waals surface area contributed by atoms with Crippen LogP contribution in [0.15, 0.2) is 42.5 Å². The van der Waals surface area contributed by atoms with Gasteiger partial charge in [0.2, 0.25) is 0 Å². The third kappa shape index (κ3) is 3.65. The van der Waals surface area contributed by atoms with Gasteiger partial charge in [0.25, 0.3) is 11.6 Å². The molecule has 0 saturated heterocycles. The highest BCUT2D eigenvalue weighted by molar-refractivity contribution is 7.18. The minimum absolute atomic E-state index is 0.0149. The monoisotopic (exact) mass is 371 g/mol. The van der Waals surface area contributed by atoms with E-state index in [2.05, 4.69) is 10.3 Å². The average molecular weight is 371 g/mol. The lowest BCUT2D eigenvalue weighted by molar-refractivity contribution is -0.384. The van der Waals surface area contributed by atoms with Gasteiger partial charge in [-0.25, -0.2) is 4.98 Å².